The summed E-state index contributed by atoms with van der Waals surface area (Å²) >= 11 is 0. The number of hydrogen-bond donors (Lipinski definition) is 1. The van der Waals surface area contributed by atoms with Crippen molar-refractivity contribution in [3.63, 3.8) is 0 Å². The van der Waals surface area contributed by atoms with Crippen LogP contribution in [0.2, 0.25) is 0 Å². The molecule has 0 aliphatic heterocycles. The molecule has 0 radical (unpaired) electrons. The Kier molecular flexibility index (Phi) is 3.57. The molecule has 24 heavy (non-hydrogen) atoms. The van der Waals surface area contributed by atoms with Gasteiger partial charge in [0.25, 0.3) is 5.91 Å². The van der Waals surface area contributed by atoms with E-state index < -0.39 is 11.7 Å². The van der Waals surface area contributed by atoms with Gasteiger partial charge in [-0.05, 0) is 37.1 Å². The predicted octanol–water partition coefficient (Wildman–Crippen LogP) is 3.54. The van der Waals surface area contributed by atoms with E-state index in [1.54, 1.807) is 16.8 Å². The van der Waals surface area contributed by atoms with E-state index in [9.17, 15) is 9.18 Å². The van der Waals surface area contributed by atoms with Crippen LogP contribution in [0.1, 0.15) is 34.9 Å². The fourth-order valence-electron chi connectivity index (χ4n) is 2.68. The molecule has 4 rings (SSSR count). The van der Waals surface area contributed by atoms with Crippen LogP contribution in [0.3, 0.4) is 0 Å². The Bertz CT molecular complexity index is 887. The van der Waals surface area contributed by atoms with E-state index in [0.29, 0.717) is 0 Å². The summed E-state index contributed by atoms with van der Waals surface area (Å²) in [5, 5.41) is 10.8. The van der Waals surface area contributed by atoms with Crippen molar-refractivity contribution >= 4 is 11.6 Å². The van der Waals surface area contributed by atoms with Gasteiger partial charge in [-0.1, -0.05) is 35.5 Å². The van der Waals surface area contributed by atoms with E-state index in [-0.39, 0.29) is 17.3 Å². The molecule has 1 aliphatic carbocycles. The normalized spacial score (nSPS) is 13.7. The first kappa shape index (κ1) is 14.6. The van der Waals surface area contributed by atoms with Gasteiger partial charge in [0.1, 0.15) is 5.82 Å². The van der Waals surface area contributed by atoms with E-state index in [2.05, 4.69) is 15.6 Å². The molecule has 5 nitrogen and oxygen atoms in total. The second kappa shape index (κ2) is 5.88. The van der Waals surface area contributed by atoms with Gasteiger partial charge in [0, 0.05) is 5.92 Å². The van der Waals surface area contributed by atoms with E-state index in [1.165, 1.54) is 12.1 Å². The maximum Gasteiger partial charge on any atom is 0.278 e. The Morgan fingerprint density at radius 2 is 1.79 bits per heavy atom. The Morgan fingerprint density at radius 1 is 1.08 bits per heavy atom. The van der Waals surface area contributed by atoms with Crippen LogP contribution in [-0.2, 0) is 0 Å². The van der Waals surface area contributed by atoms with E-state index in [1.807, 2.05) is 30.3 Å². The summed E-state index contributed by atoms with van der Waals surface area (Å²) in [7, 11) is 0. The third-order valence-electron chi connectivity index (χ3n) is 4.01. The van der Waals surface area contributed by atoms with Gasteiger partial charge in [0.2, 0.25) is 0 Å². The van der Waals surface area contributed by atoms with Gasteiger partial charge in [0.05, 0.1) is 17.1 Å². The fraction of sp³-hybridized carbons (Fsp3) is 0.167. The highest BCUT2D eigenvalue weighted by atomic mass is 19.1. The zero-order chi connectivity index (χ0) is 16.5. The minimum absolute atomic E-state index is 0.138. The lowest BCUT2D eigenvalue weighted by molar-refractivity contribution is 0.102. The van der Waals surface area contributed by atoms with Crippen molar-refractivity contribution in [3.8, 4) is 5.69 Å². The Balaban J connectivity index is 1.70. The molecule has 1 saturated carbocycles. The number of aromatic nitrogens is 3. The fourth-order valence-corrected chi connectivity index (χ4v) is 2.68. The quantitative estimate of drug-likeness (QED) is 0.799. The monoisotopic (exact) mass is 322 g/mol. The molecule has 0 unspecified atom stereocenters. The number of rotatable bonds is 4. The van der Waals surface area contributed by atoms with Crippen LogP contribution in [0.4, 0.5) is 10.1 Å². The smallest absolute Gasteiger partial charge is 0.278 e. The molecule has 1 amide bonds. The molecule has 1 fully saturated rings. The first-order valence-corrected chi connectivity index (χ1v) is 7.81. The molecule has 0 spiro atoms. The van der Waals surface area contributed by atoms with Crippen molar-refractivity contribution in [1.29, 1.82) is 0 Å². The maximum atomic E-state index is 13.8. The number of halogens is 1. The van der Waals surface area contributed by atoms with E-state index in [0.717, 1.165) is 24.2 Å². The maximum absolute atomic E-state index is 13.8. The Morgan fingerprint density at radius 3 is 2.50 bits per heavy atom. The number of carbonyl (C=O) groups is 1. The van der Waals surface area contributed by atoms with Crippen LogP contribution in [0.5, 0.6) is 0 Å². The highest BCUT2D eigenvalue weighted by Gasteiger charge is 2.34. The summed E-state index contributed by atoms with van der Waals surface area (Å²) in [6.07, 6.45) is 2.00. The van der Waals surface area contributed by atoms with Gasteiger partial charge >= 0.3 is 0 Å². The zero-order valence-electron chi connectivity index (χ0n) is 12.8. The first-order valence-electron chi connectivity index (χ1n) is 7.81. The average molecular weight is 322 g/mol. The second-order valence-electron chi connectivity index (χ2n) is 5.78. The molecule has 2 aromatic carbocycles. The van der Waals surface area contributed by atoms with Gasteiger partial charge in [0.15, 0.2) is 5.69 Å². The topological polar surface area (TPSA) is 59.8 Å². The summed E-state index contributed by atoms with van der Waals surface area (Å²) in [5.41, 5.74) is 2.04. The molecule has 1 aliphatic rings. The number of amides is 1. The number of benzene rings is 2. The number of nitrogens with zero attached hydrogens (tertiary/aromatic N) is 3. The number of anilines is 1. The molecule has 0 saturated heterocycles. The number of hydrogen-bond acceptors (Lipinski definition) is 3. The molecule has 1 aromatic heterocycles. The van der Waals surface area contributed by atoms with Crippen LogP contribution in [0.25, 0.3) is 5.69 Å². The van der Waals surface area contributed by atoms with Crippen LogP contribution in [0, 0.1) is 5.82 Å². The van der Waals surface area contributed by atoms with Gasteiger partial charge in [-0.15, -0.1) is 5.10 Å². The first-order chi connectivity index (χ1) is 11.7. The highest BCUT2D eigenvalue weighted by molar-refractivity contribution is 6.03. The lowest BCUT2D eigenvalue weighted by atomic mass is 10.2. The van der Waals surface area contributed by atoms with Crippen molar-refractivity contribution in [1.82, 2.24) is 15.0 Å². The molecular weight excluding hydrogens is 307 g/mol. The summed E-state index contributed by atoms with van der Waals surface area (Å²) < 4.78 is 15.5. The van der Waals surface area contributed by atoms with Crippen molar-refractivity contribution < 1.29 is 9.18 Å². The van der Waals surface area contributed by atoms with Gasteiger partial charge in [-0.3, -0.25) is 4.79 Å². The van der Waals surface area contributed by atoms with Crippen molar-refractivity contribution in [2.24, 2.45) is 0 Å². The highest BCUT2D eigenvalue weighted by Crippen LogP contribution is 2.42. The van der Waals surface area contributed by atoms with Crippen LogP contribution in [-0.4, -0.2) is 20.9 Å². The SMILES string of the molecule is O=C(Nc1ccccc1F)c1nnn(-c2ccccc2)c1C1CC1. The van der Waals surface area contributed by atoms with Crippen molar-refractivity contribution in [2.75, 3.05) is 5.32 Å². The molecule has 1 heterocycles. The molecule has 0 atom stereocenters. The van der Waals surface area contributed by atoms with Gasteiger partial charge < -0.3 is 5.32 Å². The largest absolute Gasteiger partial charge is 0.318 e. The standard InChI is InChI=1S/C18H15FN4O/c19-14-8-4-5-9-15(14)20-18(24)16-17(12-10-11-12)23(22-21-16)13-6-2-1-3-7-13/h1-9,12H,10-11H2,(H,20,24). The lowest BCUT2D eigenvalue weighted by Crippen LogP contribution is -2.16. The Hall–Kier alpha value is -3.02. The van der Waals surface area contributed by atoms with E-state index >= 15 is 0 Å². The summed E-state index contributed by atoms with van der Waals surface area (Å²) in [6.45, 7) is 0. The van der Waals surface area contributed by atoms with Crippen LogP contribution >= 0.6 is 0 Å². The van der Waals surface area contributed by atoms with Crippen LogP contribution in [0.15, 0.2) is 54.6 Å². The summed E-state index contributed by atoms with van der Waals surface area (Å²) in [5.74, 6) is -0.653. The lowest BCUT2D eigenvalue weighted by Gasteiger charge is -2.08. The molecule has 1 N–H and O–H groups in total. The van der Waals surface area contributed by atoms with Crippen molar-refractivity contribution in [3.05, 3.63) is 71.8 Å². The summed E-state index contributed by atoms with van der Waals surface area (Å²) in [4.78, 5) is 12.6. The Labute approximate surface area is 138 Å². The third kappa shape index (κ3) is 2.67. The van der Waals surface area contributed by atoms with Crippen LogP contribution < -0.4 is 5.32 Å². The minimum atomic E-state index is -0.478. The molecule has 120 valence electrons. The average Bonchev–Trinajstić information content (AvgIpc) is 3.35. The number of para-hydroxylation sites is 2. The second-order valence-corrected chi connectivity index (χ2v) is 5.78. The van der Waals surface area contributed by atoms with Crippen molar-refractivity contribution in [2.45, 2.75) is 18.8 Å². The number of nitrogens with one attached hydrogen (secondary N) is 1. The zero-order valence-corrected chi connectivity index (χ0v) is 12.8. The number of carbonyl (C=O) groups excluding carboxylic acids is 1. The molecule has 6 heteroatoms. The molecular formula is C18H15FN4O. The third-order valence-corrected chi connectivity index (χ3v) is 4.01. The minimum Gasteiger partial charge on any atom is -0.318 e. The van der Waals surface area contributed by atoms with E-state index in [4.69, 9.17) is 0 Å². The predicted molar refractivity (Wildman–Crippen MR) is 87.7 cm³/mol. The molecule has 3 aromatic rings. The van der Waals surface area contributed by atoms with Gasteiger partial charge in [-0.2, -0.15) is 0 Å². The molecule has 0 bridgehead atoms. The summed E-state index contributed by atoms with van der Waals surface area (Å²) in [6, 6.07) is 15.6. The van der Waals surface area contributed by atoms with Gasteiger partial charge in [-0.25, -0.2) is 9.07 Å².